The van der Waals surface area contributed by atoms with E-state index in [-0.39, 0.29) is 18.5 Å². The Morgan fingerprint density at radius 2 is 1.55 bits per heavy atom. The highest BCUT2D eigenvalue weighted by Crippen LogP contribution is 2.36. The molecule has 1 heterocycles. The summed E-state index contributed by atoms with van der Waals surface area (Å²) in [5, 5.41) is 0. The Morgan fingerprint density at radius 1 is 0.966 bits per heavy atom. The minimum absolute atomic E-state index is 0.159. The summed E-state index contributed by atoms with van der Waals surface area (Å²) in [6, 6.07) is 1.50. The quantitative estimate of drug-likeness (QED) is 0.650. The van der Waals surface area contributed by atoms with Crippen LogP contribution in [-0.4, -0.2) is 54.2 Å². The number of amides is 1. The summed E-state index contributed by atoms with van der Waals surface area (Å²) in [4.78, 5) is 15.4. The summed E-state index contributed by atoms with van der Waals surface area (Å²) < 4.78 is 83.4. The van der Waals surface area contributed by atoms with Gasteiger partial charge < -0.3 is 9.64 Å². The standard InChI is InChI=1S/C19H24F6N2O2/c1-17(2,3)29-16(28)27-10-8-26(9-11-27)7-6-13-12-14(18(20,21)22)4-5-15(13)19(23,24)25/h4-5,12H,6-11H2,1-3H3. The Balaban J connectivity index is 2.01. The number of hydrogen-bond acceptors (Lipinski definition) is 3. The second-order valence-electron chi connectivity index (χ2n) is 7.93. The maximum Gasteiger partial charge on any atom is 0.416 e. The molecule has 0 radical (unpaired) electrons. The normalized spacial score (nSPS) is 16.8. The van der Waals surface area contributed by atoms with Gasteiger partial charge >= 0.3 is 18.4 Å². The summed E-state index contributed by atoms with van der Waals surface area (Å²) in [5.74, 6) is 0. The number of halogens is 6. The molecule has 1 amide bonds. The molecule has 1 aromatic rings. The van der Waals surface area contributed by atoms with Crippen molar-refractivity contribution in [1.29, 1.82) is 0 Å². The summed E-state index contributed by atoms with van der Waals surface area (Å²) in [6.07, 6.45) is -10.1. The van der Waals surface area contributed by atoms with Crippen molar-refractivity contribution in [3.05, 3.63) is 34.9 Å². The predicted octanol–water partition coefficient (Wildman–Crippen LogP) is 4.82. The molecule has 0 aromatic heterocycles. The van der Waals surface area contributed by atoms with Crippen LogP contribution in [0, 0.1) is 0 Å². The first kappa shape index (κ1) is 23.3. The van der Waals surface area contributed by atoms with Crippen LogP contribution in [0.3, 0.4) is 0 Å². The molecule has 2 rings (SSSR count). The lowest BCUT2D eigenvalue weighted by atomic mass is 10.00. The molecule has 4 nitrogen and oxygen atoms in total. The fourth-order valence-electron chi connectivity index (χ4n) is 3.01. The van der Waals surface area contributed by atoms with Crippen molar-refractivity contribution < 1.29 is 35.9 Å². The lowest BCUT2D eigenvalue weighted by molar-refractivity contribution is -0.141. The Kier molecular flexibility index (Phi) is 6.76. The number of ether oxygens (including phenoxy) is 1. The van der Waals surface area contributed by atoms with E-state index in [0.29, 0.717) is 44.4 Å². The average molecular weight is 426 g/mol. The van der Waals surface area contributed by atoms with Crippen LogP contribution in [0.15, 0.2) is 18.2 Å². The molecule has 0 bridgehead atoms. The molecule has 164 valence electrons. The van der Waals surface area contributed by atoms with Crippen LogP contribution in [0.1, 0.15) is 37.5 Å². The van der Waals surface area contributed by atoms with Crippen LogP contribution >= 0.6 is 0 Å². The SMILES string of the molecule is CC(C)(C)OC(=O)N1CCN(CCc2cc(C(F)(F)F)ccc2C(F)(F)F)CC1. The van der Waals surface area contributed by atoms with Crippen molar-refractivity contribution in [3.63, 3.8) is 0 Å². The van der Waals surface area contributed by atoms with Crippen molar-refractivity contribution in [1.82, 2.24) is 9.80 Å². The van der Waals surface area contributed by atoms with Crippen molar-refractivity contribution >= 4 is 6.09 Å². The Hall–Kier alpha value is -1.97. The van der Waals surface area contributed by atoms with E-state index in [1.54, 1.807) is 20.8 Å². The Morgan fingerprint density at radius 3 is 2.03 bits per heavy atom. The molecule has 0 spiro atoms. The highest BCUT2D eigenvalue weighted by Gasteiger charge is 2.37. The average Bonchev–Trinajstić information content (AvgIpc) is 2.57. The number of rotatable bonds is 3. The van der Waals surface area contributed by atoms with Crippen molar-refractivity contribution in [2.24, 2.45) is 0 Å². The van der Waals surface area contributed by atoms with E-state index in [2.05, 4.69) is 0 Å². The van der Waals surface area contributed by atoms with E-state index < -0.39 is 35.2 Å². The second kappa shape index (κ2) is 8.41. The van der Waals surface area contributed by atoms with E-state index >= 15 is 0 Å². The molecule has 29 heavy (non-hydrogen) atoms. The van der Waals surface area contributed by atoms with Gasteiger partial charge in [0.1, 0.15) is 5.60 Å². The van der Waals surface area contributed by atoms with Gasteiger partial charge in [-0.25, -0.2) is 4.79 Å². The molecule has 1 saturated heterocycles. The van der Waals surface area contributed by atoms with Crippen LogP contribution < -0.4 is 0 Å². The lowest BCUT2D eigenvalue weighted by Gasteiger charge is -2.35. The molecule has 0 aliphatic carbocycles. The van der Waals surface area contributed by atoms with Crippen LogP contribution in [-0.2, 0) is 23.5 Å². The number of hydrogen-bond donors (Lipinski definition) is 0. The monoisotopic (exact) mass is 426 g/mol. The van der Waals surface area contributed by atoms with Gasteiger partial charge in [-0.05, 0) is 51.0 Å². The number of piperazine rings is 1. The highest BCUT2D eigenvalue weighted by molar-refractivity contribution is 5.68. The predicted molar refractivity (Wildman–Crippen MR) is 94.4 cm³/mol. The van der Waals surface area contributed by atoms with Gasteiger partial charge in [0.05, 0.1) is 11.1 Å². The minimum atomic E-state index is -4.73. The van der Waals surface area contributed by atoms with Crippen LogP contribution in [0.25, 0.3) is 0 Å². The second-order valence-corrected chi connectivity index (χ2v) is 7.93. The molecular weight excluding hydrogens is 402 g/mol. The number of nitrogens with zero attached hydrogens (tertiary/aromatic N) is 2. The molecule has 0 N–H and O–H groups in total. The zero-order valence-electron chi connectivity index (χ0n) is 16.5. The third-order valence-corrected chi connectivity index (χ3v) is 4.46. The smallest absolute Gasteiger partial charge is 0.416 e. The van der Waals surface area contributed by atoms with E-state index in [1.807, 2.05) is 4.90 Å². The van der Waals surface area contributed by atoms with Gasteiger partial charge in [-0.15, -0.1) is 0 Å². The van der Waals surface area contributed by atoms with Crippen LogP contribution in [0.4, 0.5) is 31.1 Å². The minimum Gasteiger partial charge on any atom is -0.444 e. The highest BCUT2D eigenvalue weighted by atomic mass is 19.4. The van der Waals surface area contributed by atoms with Gasteiger partial charge in [0.15, 0.2) is 0 Å². The fourth-order valence-corrected chi connectivity index (χ4v) is 3.01. The lowest BCUT2D eigenvalue weighted by Crippen LogP contribution is -2.50. The van der Waals surface area contributed by atoms with Gasteiger partial charge in [-0.3, -0.25) is 4.90 Å². The summed E-state index contributed by atoms with van der Waals surface area (Å²) in [5.41, 5.74) is -3.18. The van der Waals surface area contributed by atoms with Crippen molar-refractivity contribution in [2.75, 3.05) is 32.7 Å². The molecule has 1 fully saturated rings. The molecule has 0 atom stereocenters. The van der Waals surface area contributed by atoms with E-state index in [9.17, 15) is 31.1 Å². The topological polar surface area (TPSA) is 32.8 Å². The van der Waals surface area contributed by atoms with Gasteiger partial charge in [0.25, 0.3) is 0 Å². The number of alkyl halides is 6. The zero-order chi connectivity index (χ0) is 22.0. The van der Waals surface area contributed by atoms with Crippen LogP contribution in [0.2, 0.25) is 0 Å². The van der Waals surface area contributed by atoms with Gasteiger partial charge in [-0.2, -0.15) is 26.3 Å². The third kappa shape index (κ3) is 6.80. The van der Waals surface area contributed by atoms with E-state index in [1.165, 1.54) is 4.90 Å². The van der Waals surface area contributed by atoms with Gasteiger partial charge in [-0.1, -0.05) is 0 Å². The van der Waals surface area contributed by atoms with E-state index in [0.717, 1.165) is 0 Å². The molecular formula is C19H24F6N2O2. The first-order valence-corrected chi connectivity index (χ1v) is 9.14. The summed E-state index contributed by atoms with van der Waals surface area (Å²) in [6.45, 7) is 6.87. The van der Waals surface area contributed by atoms with Gasteiger partial charge in [0, 0.05) is 32.7 Å². The molecule has 1 aromatic carbocycles. The number of carbonyl (C=O) groups excluding carboxylic acids is 1. The van der Waals surface area contributed by atoms with Crippen molar-refractivity contribution in [2.45, 2.75) is 45.1 Å². The van der Waals surface area contributed by atoms with Gasteiger partial charge in [0.2, 0.25) is 0 Å². The zero-order valence-corrected chi connectivity index (χ0v) is 16.5. The first-order valence-electron chi connectivity index (χ1n) is 9.14. The Labute approximate surface area is 165 Å². The summed E-state index contributed by atoms with van der Waals surface area (Å²) >= 11 is 0. The third-order valence-electron chi connectivity index (χ3n) is 4.46. The fraction of sp³-hybridized carbons (Fsp3) is 0.632. The maximum absolute atomic E-state index is 13.2. The molecule has 0 unspecified atom stereocenters. The van der Waals surface area contributed by atoms with Crippen molar-refractivity contribution in [3.8, 4) is 0 Å². The molecule has 0 saturated carbocycles. The Bertz CT molecular complexity index is 717. The largest absolute Gasteiger partial charge is 0.444 e. The molecule has 1 aliphatic rings. The summed E-state index contributed by atoms with van der Waals surface area (Å²) in [7, 11) is 0. The maximum atomic E-state index is 13.2. The number of carbonyl (C=O) groups is 1. The molecule has 1 aliphatic heterocycles. The first-order chi connectivity index (χ1) is 13.2. The molecule has 10 heteroatoms. The van der Waals surface area contributed by atoms with Crippen LogP contribution in [0.5, 0.6) is 0 Å². The van der Waals surface area contributed by atoms with E-state index in [4.69, 9.17) is 4.74 Å². The number of benzene rings is 1.